The fourth-order valence-electron chi connectivity index (χ4n) is 1.88. The highest BCUT2D eigenvalue weighted by Crippen LogP contribution is 2.23. The van der Waals surface area contributed by atoms with Crippen molar-refractivity contribution < 1.29 is 19.1 Å². The summed E-state index contributed by atoms with van der Waals surface area (Å²) in [4.78, 5) is 25.7. The molecule has 104 valence electrons. The number of amides is 1. The van der Waals surface area contributed by atoms with Crippen molar-refractivity contribution >= 4 is 34.8 Å². The molecule has 1 aromatic heterocycles. The van der Waals surface area contributed by atoms with Gasteiger partial charge in [0.25, 0.3) is 5.91 Å². The van der Waals surface area contributed by atoms with Gasteiger partial charge in [0.1, 0.15) is 0 Å². The van der Waals surface area contributed by atoms with E-state index in [9.17, 15) is 9.59 Å². The third kappa shape index (κ3) is 3.68. The second kappa shape index (κ2) is 6.36. The van der Waals surface area contributed by atoms with Gasteiger partial charge in [0.15, 0.2) is 0 Å². The molecule has 0 bridgehead atoms. The van der Waals surface area contributed by atoms with Gasteiger partial charge in [-0.3, -0.25) is 9.59 Å². The number of morpholine rings is 1. The second-order valence-corrected chi connectivity index (χ2v) is 5.84. The number of hydrogen-bond donors (Lipinski definition) is 0. The second-order valence-electron chi connectivity index (χ2n) is 4.13. The lowest BCUT2D eigenvalue weighted by Crippen LogP contribution is -2.46. The van der Waals surface area contributed by atoms with Gasteiger partial charge in [-0.1, -0.05) is 11.6 Å². The van der Waals surface area contributed by atoms with Gasteiger partial charge in [-0.05, 0) is 12.1 Å². The Balaban J connectivity index is 1.97. The Morgan fingerprint density at radius 2 is 2.37 bits per heavy atom. The van der Waals surface area contributed by atoms with E-state index >= 15 is 0 Å². The van der Waals surface area contributed by atoms with Crippen LogP contribution in [0, 0.1) is 0 Å². The Kier molecular flexibility index (Phi) is 4.79. The molecule has 0 radical (unpaired) electrons. The highest BCUT2D eigenvalue weighted by molar-refractivity contribution is 7.17. The zero-order valence-corrected chi connectivity index (χ0v) is 12.0. The average molecular weight is 304 g/mol. The molecule has 0 aliphatic carbocycles. The number of rotatable bonds is 3. The largest absolute Gasteiger partial charge is 0.469 e. The third-order valence-corrected chi connectivity index (χ3v) is 4.05. The van der Waals surface area contributed by atoms with Crippen LogP contribution in [0.4, 0.5) is 0 Å². The standard InChI is InChI=1S/C12H14ClNO4S/c1-17-11(15)6-8-7-14(4-5-18-8)12(16)9-2-3-10(13)19-9/h2-3,8H,4-7H2,1H3. The number of thiophene rings is 1. The van der Waals surface area contributed by atoms with Crippen LogP contribution in [0.1, 0.15) is 16.1 Å². The van der Waals surface area contributed by atoms with E-state index in [4.69, 9.17) is 16.3 Å². The first-order valence-electron chi connectivity index (χ1n) is 5.83. The molecule has 1 aromatic rings. The zero-order chi connectivity index (χ0) is 13.8. The molecule has 1 saturated heterocycles. The SMILES string of the molecule is COC(=O)CC1CN(C(=O)c2ccc(Cl)s2)CCO1. The lowest BCUT2D eigenvalue weighted by Gasteiger charge is -2.32. The molecule has 5 nitrogen and oxygen atoms in total. The highest BCUT2D eigenvalue weighted by atomic mass is 35.5. The van der Waals surface area contributed by atoms with Crippen LogP contribution in [-0.4, -0.2) is 49.7 Å². The Labute approximate surface area is 120 Å². The summed E-state index contributed by atoms with van der Waals surface area (Å²) in [5, 5.41) is 0. The zero-order valence-electron chi connectivity index (χ0n) is 10.4. The van der Waals surface area contributed by atoms with Crippen LogP contribution >= 0.6 is 22.9 Å². The van der Waals surface area contributed by atoms with Crippen molar-refractivity contribution in [1.82, 2.24) is 4.90 Å². The maximum Gasteiger partial charge on any atom is 0.308 e. The Morgan fingerprint density at radius 3 is 3.00 bits per heavy atom. The van der Waals surface area contributed by atoms with Gasteiger partial charge in [-0.25, -0.2) is 0 Å². The fraction of sp³-hybridized carbons (Fsp3) is 0.500. The molecule has 1 aliphatic heterocycles. The van der Waals surface area contributed by atoms with Crippen molar-refractivity contribution in [2.24, 2.45) is 0 Å². The highest BCUT2D eigenvalue weighted by Gasteiger charge is 2.27. The minimum Gasteiger partial charge on any atom is -0.469 e. The van der Waals surface area contributed by atoms with Crippen molar-refractivity contribution in [3.05, 3.63) is 21.3 Å². The summed E-state index contributed by atoms with van der Waals surface area (Å²) in [7, 11) is 1.34. The summed E-state index contributed by atoms with van der Waals surface area (Å²) in [5.41, 5.74) is 0. The summed E-state index contributed by atoms with van der Waals surface area (Å²) in [6, 6.07) is 3.41. The van der Waals surface area contributed by atoms with Gasteiger partial charge in [-0.2, -0.15) is 0 Å². The molecule has 1 aliphatic rings. The maximum atomic E-state index is 12.2. The number of esters is 1. The van der Waals surface area contributed by atoms with Crippen molar-refractivity contribution in [2.75, 3.05) is 26.8 Å². The summed E-state index contributed by atoms with van der Waals surface area (Å²) in [6.45, 7) is 1.34. The quantitative estimate of drug-likeness (QED) is 0.799. The molecule has 0 aromatic carbocycles. The van der Waals surface area contributed by atoms with Crippen molar-refractivity contribution in [1.29, 1.82) is 0 Å². The van der Waals surface area contributed by atoms with Crippen molar-refractivity contribution in [3.63, 3.8) is 0 Å². The summed E-state index contributed by atoms with van der Waals surface area (Å²) in [6.07, 6.45) is -0.147. The van der Waals surface area contributed by atoms with Crippen molar-refractivity contribution in [2.45, 2.75) is 12.5 Å². The minimum absolute atomic E-state index is 0.0740. The van der Waals surface area contributed by atoms with E-state index in [1.54, 1.807) is 17.0 Å². The number of nitrogens with zero attached hydrogens (tertiary/aromatic N) is 1. The van der Waals surface area contributed by atoms with E-state index in [0.29, 0.717) is 28.9 Å². The Hall–Kier alpha value is -1.11. The van der Waals surface area contributed by atoms with Gasteiger partial charge in [0.05, 0.1) is 35.5 Å². The molecule has 1 amide bonds. The lowest BCUT2D eigenvalue weighted by atomic mass is 10.2. The summed E-state index contributed by atoms with van der Waals surface area (Å²) >= 11 is 7.07. The molecular formula is C12H14ClNO4S. The van der Waals surface area contributed by atoms with E-state index in [1.807, 2.05) is 0 Å². The van der Waals surface area contributed by atoms with E-state index in [1.165, 1.54) is 18.4 Å². The van der Waals surface area contributed by atoms with Crippen LogP contribution in [0.2, 0.25) is 4.34 Å². The monoisotopic (exact) mass is 303 g/mol. The van der Waals surface area contributed by atoms with Gasteiger partial charge in [0, 0.05) is 13.1 Å². The molecule has 7 heteroatoms. The maximum absolute atomic E-state index is 12.2. The van der Waals surface area contributed by atoms with Gasteiger partial charge >= 0.3 is 5.97 Å². The normalized spacial score (nSPS) is 19.3. The third-order valence-electron chi connectivity index (χ3n) is 2.83. The first-order valence-corrected chi connectivity index (χ1v) is 7.02. The number of methoxy groups -OCH3 is 1. The molecule has 1 fully saturated rings. The van der Waals surface area contributed by atoms with Crippen LogP contribution in [-0.2, 0) is 14.3 Å². The summed E-state index contributed by atoms with van der Waals surface area (Å²) in [5.74, 6) is -0.409. The molecule has 2 rings (SSSR count). The predicted molar refractivity (Wildman–Crippen MR) is 71.6 cm³/mol. The summed E-state index contributed by atoms with van der Waals surface area (Å²) < 4.78 is 10.6. The number of hydrogen-bond acceptors (Lipinski definition) is 5. The number of carbonyl (C=O) groups excluding carboxylic acids is 2. The minimum atomic E-state index is -0.335. The molecular weight excluding hydrogens is 290 g/mol. The molecule has 0 spiro atoms. The molecule has 1 unspecified atom stereocenters. The van der Waals surface area contributed by atoms with Crippen molar-refractivity contribution in [3.8, 4) is 0 Å². The Bertz CT molecular complexity index is 476. The topological polar surface area (TPSA) is 55.8 Å². The first-order chi connectivity index (χ1) is 9.10. The molecule has 1 atom stereocenters. The van der Waals surface area contributed by atoms with Gasteiger partial charge in [0.2, 0.25) is 0 Å². The average Bonchev–Trinajstić information content (AvgIpc) is 2.84. The lowest BCUT2D eigenvalue weighted by molar-refractivity contribution is -0.145. The van der Waals surface area contributed by atoms with E-state index < -0.39 is 0 Å². The van der Waals surface area contributed by atoms with Gasteiger partial charge in [-0.15, -0.1) is 11.3 Å². The van der Waals surface area contributed by atoms with E-state index in [0.717, 1.165) is 0 Å². The fourth-order valence-corrected chi connectivity index (χ4v) is 2.89. The Morgan fingerprint density at radius 1 is 1.58 bits per heavy atom. The number of ether oxygens (including phenoxy) is 2. The number of carbonyl (C=O) groups is 2. The molecule has 0 N–H and O–H groups in total. The molecule has 2 heterocycles. The van der Waals surface area contributed by atoms with Crippen LogP contribution in [0.5, 0.6) is 0 Å². The number of halogens is 1. The van der Waals surface area contributed by atoms with Crippen LogP contribution in [0.25, 0.3) is 0 Å². The van der Waals surface area contributed by atoms with Gasteiger partial charge < -0.3 is 14.4 Å². The van der Waals surface area contributed by atoms with Crippen LogP contribution < -0.4 is 0 Å². The van der Waals surface area contributed by atoms with E-state index in [-0.39, 0.29) is 24.4 Å². The smallest absolute Gasteiger partial charge is 0.308 e. The van der Waals surface area contributed by atoms with E-state index in [2.05, 4.69) is 4.74 Å². The molecule has 19 heavy (non-hydrogen) atoms. The van der Waals surface area contributed by atoms with Crippen LogP contribution in [0.3, 0.4) is 0 Å². The first kappa shape index (κ1) is 14.3. The van der Waals surface area contributed by atoms with Crippen LogP contribution in [0.15, 0.2) is 12.1 Å². The predicted octanol–water partition coefficient (Wildman–Crippen LogP) is 1.81. The molecule has 0 saturated carbocycles.